The van der Waals surface area contributed by atoms with Crippen LogP contribution in [-0.2, 0) is 20.4 Å². The fraction of sp³-hybridized carbons (Fsp3) is 0.273. The average molecular weight is 242 g/mol. The molecule has 1 rings (SSSR count). The van der Waals surface area contributed by atoms with Gasteiger partial charge in [-0.25, -0.2) is 12.8 Å². The Morgan fingerprint density at radius 3 is 2.69 bits per heavy atom. The molecule has 86 valence electrons. The molecule has 0 saturated carbocycles. The minimum absolute atomic E-state index is 0.313. The molecule has 0 unspecified atom stereocenters. The van der Waals surface area contributed by atoms with E-state index in [0.717, 1.165) is 6.07 Å². The topological polar surface area (TPSA) is 51.2 Å². The fourth-order valence-electron chi connectivity index (χ4n) is 1.27. The number of hydrogen-bond acceptors (Lipinski definition) is 3. The molecule has 0 saturated heterocycles. The number of aldehydes is 1. The van der Waals surface area contributed by atoms with E-state index in [1.165, 1.54) is 18.2 Å². The second kappa shape index (κ2) is 5.21. The lowest BCUT2D eigenvalue weighted by molar-refractivity contribution is -0.109. The summed E-state index contributed by atoms with van der Waals surface area (Å²) < 4.78 is 35.8. The van der Waals surface area contributed by atoms with Crippen LogP contribution in [0.25, 0.3) is 0 Å². The highest BCUT2D eigenvalue weighted by Gasteiger charge is 2.16. The molecule has 0 aliphatic heterocycles. The van der Waals surface area contributed by atoms with Crippen LogP contribution < -0.4 is 0 Å². The lowest BCUT2D eigenvalue weighted by Crippen LogP contribution is -2.16. The molecule has 1 aromatic rings. The summed E-state index contributed by atoms with van der Waals surface area (Å²) in [6.07, 6.45) is 0.378. The fourth-order valence-corrected chi connectivity index (χ4v) is 2.74. The van der Waals surface area contributed by atoms with Gasteiger partial charge in [-0.3, -0.25) is 0 Å². The van der Waals surface area contributed by atoms with Crippen LogP contribution in [-0.4, -0.2) is 20.5 Å². The first-order chi connectivity index (χ1) is 7.43. The molecule has 0 aliphatic rings. The van der Waals surface area contributed by atoms with E-state index >= 15 is 0 Å². The van der Waals surface area contributed by atoms with Crippen molar-refractivity contribution in [3.8, 4) is 0 Å². The molecule has 0 bridgehead atoms. The third-order valence-electron chi connectivity index (χ3n) is 1.90. The monoisotopic (exact) mass is 242 g/mol. The zero-order valence-electron chi connectivity index (χ0n) is 8.47. The van der Waals surface area contributed by atoms with Crippen LogP contribution in [0.4, 0.5) is 4.39 Å². The quantitative estimate of drug-likeness (QED) is 0.730. The molecule has 0 amide bonds. The molecule has 0 aromatic heterocycles. The average Bonchev–Trinajstić information content (AvgIpc) is 2.15. The van der Waals surface area contributed by atoms with Crippen molar-refractivity contribution < 1.29 is 17.6 Å². The Labute approximate surface area is 94.2 Å². The smallest absolute Gasteiger partial charge is 0.155 e. The maximum atomic E-state index is 12.8. The maximum absolute atomic E-state index is 12.8. The summed E-state index contributed by atoms with van der Waals surface area (Å²) >= 11 is 0. The van der Waals surface area contributed by atoms with Gasteiger partial charge in [0.05, 0.1) is 11.5 Å². The lowest BCUT2D eigenvalue weighted by atomic mass is 10.2. The second-order valence-electron chi connectivity index (χ2n) is 3.48. The number of halogens is 1. The number of carbonyl (C=O) groups is 1. The van der Waals surface area contributed by atoms with E-state index in [9.17, 15) is 17.6 Å². The highest BCUT2D eigenvalue weighted by molar-refractivity contribution is 7.90. The summed E-state index contributed by atoms with van der Waals surface area (Å²) in [5.41, 5.74) is 0.345. The molecule has 16 heavy (non-hydrogen) atoms. The van der Waals surface area contributed by atoms with Crippen LogP contribution in [0.1, 0.15) is 5.56 Å². The molecule has 0 heterocycles. The van der Waals surface area contributed by atoms with E-state index in [0.29, 0.717) is 11.8 Å². The van der Waals surface area contributed by atoms with Gasteiger partial charge in [-0.15, -0.1) is 0 Å². The van der Waals surface area contributed by atoms with Crippen molar-refractivity contribution in [2.24, 2.45) is 5.92 Å². The summed E-state index contributed by atoms with van der Waals surface area (Å²) in [5.74, 6) is -2.26. The van der Waals surface area contributed by atoms with Gasteiger partial charge in [0.15, 0.2) is 9.84 Å². The van der Waals surface area contributed by atoms with Crippen molar-refractivity contribution >= 4 is 16.1 Å². The maximum Gasteiger partial charge on any atom is 0.155 e. The van der Waals surface area contributed by atoms with Gasteiger partial charge in [-0.1, -0.05) is 12.1 Å². The Morgan fingerprint density at radius 1 is 1.44 bits per heavy atom. The summed E-state index contributed by atoms with van der Waals surface area (Å²) in [4.78, 5) is 10.2. The molecule has 0 fully saturated rings. The molecule has 0 N–H and O–H groups in total. The van der Waals surface area contributed by atoms with Crippen LogP contribution in [0, 0.1) is 18.7 Å². The van der Waals surface area contributed by atoms with Crippen molar-refractivity contribution in [3.05, 3.63) is 42.6 Å². The zero-order chi connectivity index (χ0) is 12.2. The van der Waals surface area contributed by atoms with E-state index < -0.39 is 27.3 Å². The Kier molecular flexibility index (Phi) is 4.18. The lowest BCUT2D eigenvalue weighted by Gasteiger charge is -2.06. The third-order valence-corrected chi connectivity index (χ3v) is 3.56. The van der Waals surface area contributed by atoms with Gasteiger partial charge in [-0.05, 0) is 24.6 Å². The predicted octanol–water partition coefficient (Wildman–Crippen LogP) is 1.27. The molecular formula is C11H11FO3S. The number of hydrogen-bond donors (Lipinski definition) is 0. The van der Waals surface area contributed by atoms with Crippen molar-refractivity contribution in [2.75, 3.05) is 5.75 Å². The van der Waals surface area contributed by atoms with Crippen LogP contribution >= 0.6 is 0 Å². The highest BCUT2D eigenvalue weighted by atomic mass is 32.2. The SMILES string of the molecule is [CH][C@H](C=O)CS(=O)(=O)Cc1cccc(F)c1. The Bertz CT molecular complexity index is 468. The minimum Gasteiger partial charge on any atom is -0.303 e. The second-order valence-corrected chi connectivity index (χ2v) is 5.59. The van der Waals surface area contributed by atoms with Crippen molar-refractivity contribution in [1.82, 2.24) is 0 Å². The van der Waals surface area contributed by atoms with Crippen LogP contribution in [0.15, 0.2) is 24.3 Å². The number of rotatable bonds is 5. The van der Waals surface area contributed by atoms with Crippen LogP contribution in [0.2, 0.25) is 0 Å². The van der Waals surface area contributed by atoms with E-state index in [4.69, 9.17) is 6.92 Å². The molecule has 0 aliphatic carbocycles. The highest BCUT2D eigenvalue weighted by Crippen LogP contribution is 2.10. The first-order valence-corrected chi connectivity index (χ1v) is 6.41. The predicted molar refractivity (Wildman–Crippen MR) is 57.7 cm³/mol. The molecule has 5 heteroatoms. The Morgan fingerprint density at radius 2 is 2.12 bits per heavy atom. The van der Waals surface area contributed by atoms with Crippen molar-refractivity contribution in [1.29, 1.82) is 0 Å². The molecule has 1 aromatic carbocycles. The first-order valence-electron chi connectivity index (χ1n) is 4.59. The number of sulfone groups is 1. The Hall–Kier alpha value is -1.23. The van der Waals surface area contributed by atoms with Gasteiger partial charge >= 0.3 is 0 Å². The standard InChI is InChI=1S/C11H11FO3S/c1-9(6-13)7-16(14,15)8-10-3-2-4-11(12)5-10/h1-6,9H,7-8H2/t9-/m1/s1. The van der Waals surface area contributed by atoms with Gasteiger partial charge in [0.25, 0.3) is 0 Å². The molecular weight excluding hydrogens is 231 g/mol. The minimum atomic E-state index is -3.49. The first kappa shape index (κ1) is 12.8. The normalized spacial score (nSPS) is 13.4. The van der Waals surface area contributed by atoms with Gasteiger partial charge in [0.2, 0.25) is 0 Å². The van der Waals surface area contributed by atoms with Gasteiger partial charge in [-0.2, -0.15) is 0 Å². The van der Waals surface area contributed by atoms with Gasteiger partial charge < -0.3 is 4.79 Å². The van der Waals surface area contributed by atoms with Gasteiger partial charge in [0.1, 0.15) is 12.1 Å². The number of carbonyl (C=O) groups excluding carboxylic acids is 1. The van der Waals surface area contributed by atoms with E-state index in [2.05, 4.69) is 0 Å². The molecule has 2 radical (unpaired) electrons. The molecule has 0 spiro atoms. The van der Waals surface area contributed by atoms with Crippen LogP contribution in [0.3, 0.4) is 0 Å². The summed E-state index contributed by atoms with van der Waals surface area (Å²) in [6, 6.07) is 5.31. The van der Waals surface area contributed by atoms with E-state index in [1.807, 2.05) is 0 Å². The van der Waals surface area contributed by atoms with Crippen molar-refractivity contribution in [2.45, 2.75) is 5.75 Å². The van der Waals surface area contributed by atoms with Crippen molar-refractivity contribution in [3.63, 3.8) is 0 Å². The van der Waals surface area contributed by atoms with Gasteiger partial charge in [0, 0.05) is 5.92 Å². The van der Waals surface area contributed by atoms with E-state index in [1.54, 1.807) is 0 Å². The zero-order valence-corrected chi connectivity index (χ0v) is 9.28. The largest absolute Gasteiger partial charge is 0.303 e. The summed E-state index contributed by atoms with van der Waals surface area (Å²) in [7, 11) is -3.49. The summed E-state index contributed by atoms with van der Waals surface area (Å²) in [5, 5.41) is 0. The number of benzene rings is 1. The Balaban J connectivity index is 2.77. The molecule has 1 atom stereocenters. The van der Waals surface area contributed by atoms with E-state index in [-0.39, 0.29) is 5.75 Å². The summed E-state index contributed by atoms with van der Waals surface area (Å²) in [6.45, 7) is 5.22. The molecule has 3 nitrogen and oxygen atoms in total. The van der Waals surface area contributed by atoms with Crippen LogP contribution in [0.5, 0.6) is 0 Å². The third kappa shape index (κ3) is 4.10.